The SMILES string of the molecule is COc1ccccc1CC(C)NC(C)C1CC1. The Hall–Kier alpha value is -1.02. The minimum Gasteiger partial charge on any atom is -0.496 e. The lowest BCUT2D eigenvalue weighted by Gasteiger charge is -2.20. The lowest BCUT2D eigenvalue weighted by molar-refractivity contribution is 0.397. The fraction of sp³-hybridized carbons (Fsp3) is 0.600. The number of nitrogens with one attached hydrogen (secondary N) is 1. The largest absolute Gasteiger partial charge is 0.496 e. The summed E-state index contributed by atoms with van der Waals surface area (Å²) in [7, 11) is 1.74. The van der Waals surface area contributed by atoms with Crippen LogP contribution in [0.1, 0.15) is 32.3 Å². The van der Waals surface area contributed by atoms with Gasteiger partial charge in [-0.05, 0) is 50.7 Å². The zero-order valence-corrected chi connectivity index (χ0v) is 11.1. The molecule has 1 N–H and O–H groups in total. The monoisotopic (exact) mass is 233 g/mol. The zero-order chi connectivity index (χ0) is 12.3. The summed E-state index contributed by atoms with van der Waals surface area (Å²) in [5, 5.41) is 3.69. The molecule has 1 aliphatic carbocycles. The van der Waals surface area contributed by atoms with Crippen molar-refractivity contribution >= 4 is 0 Å². The van der Waals surface area contributed by atoms with Gasteiger partial charge in [-0.15, -0.1) is 0 Å². The third-order valence-corrected chi connectivity index (χ3v) is 3.60. The van der Waals surface area contributed by atoms with E-state index in [4.69, 9.17) is 4.74 Å². The van der Waals surface area contributed by atoms with Gasteiger partial charge in [0.1, 0.15) is 5.75 Å². The van der Waals surface area contributed by atoms with Crippen molar-refractivity contribution in [1.29, 1.82) is 0 Å². The molecule has 1 aromatic carbocycles. The van der Waals surface area contributed by atoms with E-state index in [1.54, 1.807) is 7.11 Å². The maximum atomic E-state index is 5.38. The second-order valence-electron chi connectivity index (χ2n) is 5.21. The van der Waals surface area contributed by atoms with Gasteiger partial charge < -0.3 is 10.1 Å². The highest BCUT2D eigenvalue weighted by atomic mass is 16.5. The van der Waals surface area contributed by atoms with Gasteiger partial charge in [-0.1, -0.05) is 18.2 Å². The molecule has 0 aromatic heterocycles. The van der Waals surface area contributed by atoms with Crippen LogP contribution in [0.5, 0.6) is 5.75 Å². The van der Waals surface area contributed by atoms with E-state index >= 15 is 0 Å². The first-order valence-corrected chi connectivity index (χ1v) is 6.58. The molecule has 2 atom stereocenters. The van der Waals surface area contributed by atoms with E-state index in [0.29, 0.717) is 12.1 Å². The topological polar surface area (TPSA) is 21.3 Å². The molecule has 0 spiro atoms. The zero-order valence-electron chi connectivity index (χ0n) is 11.1. The minimum absolute atomic E-state index is 0.502. The summed E-state index contributed by atoms with van der Waals surface area (Å²) in [6.45, 7) is 4.56. The molecule has 0 aliphatic heterocycles. The molecule has 0 amide bonds. The van der Waals surface area contributed by atoms with Crippen molar-refractivity contribution in [3.05, 3.63) is 29.8 Å². The molecule has 2 unspecified atom stereocenters. The van der Waals surface area contributed by atoms with Crippen molar-refractivity contribution in [3.63, 3.8) is 0 Å². The Morgan fingerprint density at radius 2 is 2.00 bits per heavy atom. The number of rotatable bonds is 6. The lowest BCUT2D eigenvalue weighted by atomic mass is 10.0. The summed E-state index contributed by atoms with van der Waals surface area (Å²) in [4.78, 5) is 0. The number of para-hydroxylation sites is 1. The van der Waals surface area contributed by atoms with E-state index in [1.165, 1.54) is 18.4 Å². The Labute approximate surface area is 104 Å². The first-order valence-electron chi connectivity index (χ1n) is 6.58. The van der Waals surface area contributed by atoms with Crippen molar-refractivity contribution in [3.8, 4) is 5.75 Å². The summed E-state index contributed by atoms with van der Waals surface area (Å²) in [5.41, 5.74) is 1.29. The molecule has 1 saturated carbocycles. The molecule has 2 nitrogen and oxygen atoms in total. The van der Waals surface area contributed by atoms with Gasteiger partial charge in [0.05, 0.1) is 7.11 Å². The van der Waals surface area contributed by atoms with Gasteiger partial charge in [-0.25, -0.2) is 0 Å². The Bertz CT molecular complexity index is 360. The second kappa shape index (κ2) is 5.54. The number of ether oxygens (including phenoxy) is 1. The Kier molecular flexibility index (Phi) is 4.06. The van der Waals surface area contributed by atoms with Crippen molar-refractivity contribution < 1.29 is 4.74 Å². The number of benzene rings is 1. The van der Waals surface area contributed by atoms with Crippen LogP contribution in [0, 0.1) is 5.92 Å². The first-order chi connectivity index (χ1) is 8.20. The summed E-state index contributed by atoms with van der Waals surface area (Å²) >= 11 is 0. The maximum Gasteiger partial charge on any atom is 0.122 e. The predicted octanol–water partition coefficient (Wildman–Crippen LogP) is 3.01. The van der Waals surface area contributed by atoms with Gasteiger partial charge in [0.15, 0.2) is 0 Å². The van der Waals surface area contributed by atoms with E-state index in [2.05, 4.69) is 31.3 Å². The Morgan fingerprint density at radius 1 is 1.29 bits per heavy atom. The van der Waals surface area contributed by atoms with Crippen LogP contribution in [0.4, 0.5) is 0 Å². The quantitative estimate of drug-likeness (QED) is 0.815. The molecular formula is C15H23NO. The van der Waals surface area contributed by atoms with E-state index < -0.39 is 0 Å². The molecule has 2 rings (SSSR count). The predicted molar refractivity (Wildman–Crippen MR) is 71.5 cm³/mol. The van der Waals surface area contributed by atoms with Crippen LogP contribution in [-0.4, -0.2) is 19.2 Å². The van der Waals surface area contributed by atoms with E-state index in [-0.39, 0.29) is 0 Å². The molecule has 1 aliphatic rings. The highest BCUT2D eigenvalue weighted by Gasteiger charge is 2.28. The van der Waals surface area contributed by atoms with Crippen LogP contribution < -0.4 is 10.1 Å². The molecule has 1 aromatic rings. The number of methoxy groups -OCH3 is 1. The third-order valence-electron chi connectivity index (χ3n) is 3.60. The van der Waals surface area contributed by atoms with Crippen molar-refractivity contribution in [2.45, 2.75) is 45.2 Å². The molecule has 1 fully saturated rings. The van der Waals surface area contributed by atoms with Crippen molar-refractivity contribution in [1.82, 2.24) is 5.32 Å². The van der Waals surface area contributed by atoms with Gasteiger partial charge in [-0.3, -0.25) is 0 Å². The van der Waals surface area contributed by atoms with Crippen LogP contribution in [-0.2, 0) is 6.42 Å². The Morgan fingerprint density at radius 3 is 2.65 bits per heavy atom. The van der Waals surface area contributed by atoms with Gasteiger partial charge in [0.2, 0.25) is 0 Å². The fourth-order valence-corrected chi connectivity index (χ4v) is 2.44. The molecule has 0 saturated heterocycles. The standard InChI is InChI=1S/C15H23NO/c1-11(16-12(2)13-8-9-13)10-14-6-4-5-7-15(14)17-3/h4-7,11-13,16H,8-10H2,1-3H3. The fourth-order valence-electron chi connectivity index (χ4n) is 2.44. The van der Waals surface area contributed by atoms with Crippen LogP contribution in [0.15, 0.2) is 24.3 Å². The average molecular weight is 233 g/mol. The Balaban J connectivity index is 1.90. The van der Waals surface area contributed by atoms with Gasteiger partial charge >= 0.3 is 0 Å². The summed E-state index contributed by atoms with van der Waals surface area (Å²) in [6.07, 6.45) is 3.83. The van der Waals surface area contributed by atoms with Gasteiger partial charge in [0.25, 0.3) is 0 Å². The smallest absolute Gasteiger partial charge is 0.122 e. The number of hydrogen-bond donors (Lipinski definition) is 1. The second-order valence-corrected chi connectivity index (χ2v) is 5.21. The van der Waals surface area contributed by atoms with Crippen LogP contribution in [0.2, 0.25) is 0 Å². The summed E-state index contributed by atoms with van der Waals surface area (Å²) < 4.78 is 5.38. The van der Waals surface area contributed by atoms with Crippen molar-refractivity contribution in [2.24, 2.45) is 5.92 Å². The van der Waals surface area contributed by atoms with E-state index in [0.717, 1.165) is 18.1 Å². The van der Waals surface area contributed by atoms with Gasteiger partial charge in [0, 0.05) is 12.1 Å². The normalized spacial score (nSPS) is 18.8. The van der Waals surface area contributed by atoms with Crippen molar-refractivity contribution in [2.75, 3.05) is 7.11 Å². The third kappa shape index (κ3) is 3.47. The molecule has 17 heavy (non-hydrogen) atoms. The molecule has 94 valence electrons. The van der Waals surface area contributed by atoms with Crippen LogP contribution >= 0.6 is 0 Å². The molecule has 2 heteroatoms. The average Bonchev–Trinajstić information content (AvgIpc) is 3.13. The lowest BCUT2D eigenvalue weighted by Crippen LogP contribution is -2.37. The van der Waals surface area contributed by atoms with E-state index in [9.17, 15) is 0 Å². The molecule has 0 heterocycles. The number of hydrogen-bond acceptors (Lipinski definition) is 2. The van der Waals surface area contributed by atoms with Crippen LogP contribution in [0.3, 0.4) is 0 Å². The molecule has 0 bridgehead atoms. The summed E-state index contributed by atoms with van der Waals surface area (Å²) in [5.74, 6) is 1.91. The van der Waals surface area contributed by atoms with Gasteiger partial charge in [-0.2, -0.15) is 0 Å². The minimum atomic E-state index is 0.502. The molecular weight excluding hydrogens is 210 g/mol. The first kappa shape index (κ1) is 12.4. The van der Waals surface area contributed by atoms with E-state index in [1.807, 2.05) is 12.1 Å². The van der Waals surface area contributed by atoms with Crippen LogP contribution in [0.25, 0.3) is 0 Å². The maximum absolute atomic E-state index is 5.38. The molecule has 0 radical (unpaired) electrons. The summed E-state index contributed by atoms with van der Waals surface area (Å²) in [6, 6.07) is 9.44. The highest BCUT2D eigenvalue weighted by Crippen LogP contribution is 2.32. The highest BCUT2D eigenvalue weighted by molar-refractivity contribution is 5.33.